The number of H-pyrrole nitrogens is 1. The van der Waals surface area contributed by atoms with Gasteiger partial charge in [-0.25, -0.2) is 9.37 Å². The maximum atomic E-state index is 13.5. The first-order valence-electron chi connectivity index (χ1n) is 9.49. The number of ether oxygens (including phenoxy) is 2. The highest BCUT2D eigenvalue weighted by molar-refractivity contribution is 14.1. The molecule has 0 saturated heterocycles. The van der Waals surface area contributed by atoms with Crippen LogP contribution in [-0.2, 0) is 6.61 Å². The van der Waals surface area contributed by atoms with Crippen LogP contribution in [0.5, 0.6) is 11.5 Å². The number of nitrogens with zero attached hydrogens (tertiary/aromatic N) is 2. The van der Waals surface area contributed by atoms with Gasteiger partial charge >= 0.3 is 0 Å². The van der Waals surface area contributed by atoms with Crippen molar-refractivity contribution < 1.29 is 13.9 Å². The van der Waals surface area contributed by atoms with Gasteiger partial charge in [-0.2, -0.15) is 5.26 Å². The molecule has 0 aliphatic carbocycles. The summed E-state index contributed by atoms with van der Waals surface area (Å²) in [6.07, 6.45) is 1.68. The lowest BCUT2D eigenvalue weighted by molar-refractivity contribution is 0.282. The second-order valence-corrected chi connectivity index (χ2v) is 8.97. The molecule has 3 aromatic carbocycles. The fourth-order valence-electron chi connectivity index (χ4n) is 3.13. The normalized spacial score (nSPS) is 11.4. The Hall–Kier alpha value is -2.90. The minimum Gasteiger partial charge on any atom is -0.493 e. The van der Waals surface area contributed by atoms with Gasteiger partial charge in [-0.15, -0.1) is 0 Å². The summed E-state index contributed by atoms with van der Waals surface area (Å²) < 4.78 is 26.8. The van der Waals surface area contributed by atoms with E-state index in [4.69, 9.17) is 9.47 Å². The molecular formula is C24H16BrFIN3O2. The molecule has 0 bridgehead atoms. The summed E-state index contributed by atoms with van der Waals surface area (Å²) in [5, 5.41) is 9.68. The van der Waals surface area contributed by atoms with E-state index in [0.717, 1.165) is 14.7 Å². The van der Waals surface area contributed by atoms with Crippen LogP contribution in [0.15, 0.2) is 59.1 Å². The van der Waals surface area contributed by atoms with Crippen LogP contribution in [-0.4, -0.2) is 17.1 Å². The van der Waals surface area contributed by atoms with Crippen LogP contribution in [0, 0.1) is 20.7 Å². The topological polar surface area (TPSA) is 70.9 Å². The quantitative estimate of drug-likeness (QED) is 0.196. The molecule has 0 atom stereocenters. The Balaban J connectivity index is 1.63. The Morgan fingerprint density at radius 2 is 2.00 bits per heavy atom. The van der Waals surface area contributed by atoms with E-state index >= 15 is 0 Å². The Labute approximate surface area is 206 Å². The SMILES string of the molecule is COc1cc(/C=C(/C#N)c2nc3ccc(F)cc3[nH]2)cc(Br)c1OCc1ccc(I)cc1. The van der Waals surface area contributed by atoms with Gasteiger partial charge in [0.1, 0.15) is 24.3 Å². The van der Waals surface area contributed by atoms with Crippen molar-refractivity contribution in [1.82, 2.24) is 9.97 Å². The van der Waals surface area contributed by atoms with Crippen LogP contribution >= 0.6 is 38.5 Å². The molecule has 5 nitrogen and oxygen atoms in total. The first-order valence-corrected chi connectivity index (χ1v) is 11.4. The molecule has 0 aliphatic rings. The first-order chi connectivity index (χ1) is 15.5. The van der Waals surface area contributed by atoms with Crippen molar-refractivity contribution in [2.45, 2.75) is 6.61 Å². The second kappa shape index (κ2) is 9.71. The number of aromatic nitrogens is 2. The van der Waals surface area contributed by atoms with Crippen molar-refractivity contribution in [2.75, 3.05) is 7.11 Å². The van der Waals surface area contributed by atoms with E-state index in [-0.39, 0.29) is 5.82 Å². The number of aromatic amines is 1. The van der Waals surface area contributed by atoms with Crippen molar-refractivity contribution in [3.05, 3.63) is 85.4 Å². The lowest BCUT2D eigenvalue weighted by atomic mass is 10.1. The Morgan fingerprint density at radius 3 is 2.72 bits per heavy atom. The van der Waals surface area contributed by atoms with Gasteiger partial charge in [0, 0.05) is 3.57 Å². The standard InChI is InChI=1S/C24H16BrFIN3O2/c1-31-22-10-15(9-19(25)23(22)32-13-14-2-5-18(27)6-3-14)8-16(12-28)24-29-20-7-4-17(26)11-21(20)30-24/h2-11H,13H2,1H3,(H,29,30)/b16-8-. The molecule has 4 aromatic rings. The molecular weight excluding hydrogens is 588 g/mol. The van der Waals surface area contributed by atoms with E-state index in [9.17, 15) is 9.65 Å². The van der Waals surface area contributed by atoms with Crippen LogP contribution in [0.3, 0.4) is 0 Å². The fraction of sp³-hybridized carbons (Fsp3) is 0.0833. The molecule has 32 heavy (non-hydrogen) atoms. The van der Waals surface area contributed by atoms with Crippen molar-refractivity contribution in [3.63, 3.8) is 0 Å². The van der Waals surface area contributed by atoms with Crippen molar-refractivity contribution >= 4 is 61.2 Å². The van der Waals surface area contributed by atoms with Crippen LogP contribution in [0.2, 0.25) is 0 Å². The molecule has 1 heterocycles. The molecule has 0 radical (unpaired) electrons. The van der Waals surface area contributed by atoms with E-state index in [1.54, 1.807) is 25.3 Å². The molecule has 1 aromatic heterocycles. The number of halogens is 3. The minimum absolute atomic E-state index is 0.308. The zero-order valence-corrected chi connectivity index (χ0v) is 20.6. The molecule has 0 spiro atoms. The monoisotopic (exact) mass is 603 g/mol. The smallest absolute Gasteiger partial charge is 0.175 e. The van der Waals surface area contributed by atoms with Crippen molar-refractivity contribution in [2.24, 2.45) is 0 Å². The molecule has 0 unspecified atom stereocenters. The molecule has 0 saturated carbocycles. The zero-order chi connectivity index (χ0) is 22.7. The number of imidazole rings is 1. The van der Waals surface area contributed by atoms with Gasteiger partial charge in [-0.3, -0.25) is 0 Å². The third kappa shape index (κ3) is 4.95. The molecule has 0 fully saturated rings. The lowest BCUT2D eigenvalue weighted by Crippen LogP contribution is -1.99. The van der Waals surface area contributed by atoms with Gasteiger partial charge in [-0.1, -0.05) is 12.1 Å². The van der Waals surface area contributed by atoms with Crippen LogP contribution < -0.4 is 9.47 Å². The number of hydrogen-bond acceptors (Lipinski definition) is 4. The summed E-state index contributed by atoms with van der Waals surface area (Å²) in [4.78, 5) is 7.39. The van der Waals surface area contributed by atoms with Gasteiger partial charge in [0.15, 0.2) is 11.5 Å². The van der Waals surface area contributed by atoms with Crippen LogP contribution in [0.4, 0.5) is 4.39 Å². The van der Waals surface area contributed by atoms with E-state index in [0.29, 0.717) is 45.0 Å². The number of allylic oxidation sites excluding steroid dienone is 1. The van der Waals surface area contributed by atoms with E-state index < -0.39 is 0 Å². The number of fused-ring (bicyclic) bond motifs is 1. The van der Waals surface area contributed by atoms with Gasteiger partial charge in [0.2, 0.25) is 0 Å². The summed E-state index contributed by atoms with van der Waals surface area (Å²) in [6.45, 7) is 0.389. The summed E-state index contributed by atoms with van der Waals surface area (Å²) in [7, 11) is 1.56. The molecule has 8 heteroatoms. The average molecular weight is 604 g/mol. The predicted molar refractivity (Wildman–Crippen MR) is 134 cm³/mol. The van der Waals surface area contributed by atoms with Crippen molar-refractivity contribution in [1.29, 1.82) is 5.26 Å². The van der Waals surface area contributed by atoms with Crippen LogP contribution in [0.1, 0.15) is 17.0 Å². The second-order valence-electron chi connectivity index (χ2n) is 6.87. The van der Waals surface area contributed by atoms with Gasteiger partial charge in [0.05, 0.1) is 28.2 Å². The molecule has 0 amide bonds. The Kier molecular flexibility index (Phi) is 6.77. The highest BCUT2D eigenvalue weighted by atomic mass is 127. The Morgan fingerprint density at radius 1 is 1.22 bits per heavy atom. The number of rotatable bonds is 6. The number of methoxy groups -OCH3 is 1. The number of nitrogens with one attached hydrogen (secondary N) is 1. The van der Waals surface area contributed by atoms with E-state index in [1.165, 1.54) is 12.1 Å². The summed E-state index contributed by atoms with van der Waals surface area (Å²) in [6, 6.07) is 18.1. The van der Waals surface area contributed by atoms with Crippen LogP contribution in [0.25, 0.3) is 22.7 Å². The zero-order valence-electron chi connectivity index (χ0n) is 16.8. The minimum atomic E-state index is -0.371. The highest BCUT2D eigenvalue weighted by Gasteiger charge is 2.14. The molecule has 160 valence electrons. The highest BCUT2D eigenvalue weighted by Crippen LogP contribution is 2.38. The number of nitriles is 1. The van der Waals surface area contributed by atoms with E-state index in [2.05, 4.69) is 54.6 Å². The summed E-state index contributed by atoms with van der Waals surface area (Å²) >= 11 is 5.80. The Bertz CT molecular complexity index is 1360. The summed E-state index contributed by atoms with van der Waals surface area (Å²) in [5.74, 6) is 1.09. The largest absolute Gasteiger partial charge is 0.493 e. The first kappa shape index (κ1) is 22.3. The molecule has 1 N–H and O–H groups in total. The maximum absolute atomic E-state index is 13.5. The average Bonchev–Trinajstić information content (AvgIpc) is 3.20. The molecule has 4 rings (SSSR count). The maximum Gasteiger partial charge on any atom is 0.175 e. The third-order valence-electron chi connectivity index (χ3n) is 4.68. The lowest BCUT2D eigenvalue weighted by Gasteiger charge is -2.14. The number of hydrogen-bond donors (Lipinski definition) is 1. The fourth-order valence-corrected chi connectivity index (χ4v) is 4.06. The third-order valence-corrected chi connectivity index (χ3v) is 5.99. The van der Waals surface area contributed by atoms with Gasteiger partial charge in [0.25, 0.3) is 0 Å². The summed E-state index contributed by atoms with van der Waals surface area (Å²) in [5.41, 5.74) is 3.18. The molecule has 0 aliphatic heterocycles. The van der Waals surface area contributed by atoms with E-state index in [1.807, 2.05) is 30.3 Å². The van der Waals surface area contributed by atoms with Gasteiger partial charge < -0.3 is 14.5 Å². The predicted octanol–water partition coefficient (Wildman–Crippen LogP) is 6.72. The number of benzene rings is 3. The van der Waals surface area contributed by atoms with Gasteiger partial charge in [-0.05, 0) is 98.2 Å². The van der Waals surface area contributed by atoms with Crippen molar-refractivity contribution in [3.8, 4) is 17.6 Å².